The van der Waals surface area contributed by atoms with Crippen LogP contribution in [-0.2, 0) is 4.79 Å². The highest BCUT2D eigenvalue weighted by atomic mass is 35.5. The number of rotatable bonds is 4. The number of benzene rings is 2. The van der Waals surface area contributed by atoms with Gasteiger partial charge in [-0.3, -0.25) is 9.59 Å². The molecule has 1 amide bonds. The molecule has 2 aromatic carbocycles. The van der Waals surface area contributed by atoms with Gasteiger partial charge >= 0.3 is 0 Å². The lowest BCUT2D eigenvalue weighted by Crippen LogP contribution is -2.24. The molecule has 0 fully saturated rings. The fraction of sp³-hybridized carbons (Fsp3) is 0.0526. The van der Waals surface area contributed by atoms with E-state index in [1.165, 1.54) is 12.1 Å². The Morgan fingerprint density at radius 1 is 1.07 bits per heavy atom. The van der Waals surface area contributed by atoms with Gasteiger partial charge in [-0.1, -0.05) is 29.3 Å². The van der Waals surface area contributed by atoms with Crippen molar-refractivity contribution in [1.82, 2.24) is 5.32 Å². The van der Waals surface area contributed by atoms with E-state index in [9.17, 15) is 18.4 Å². The van der Waals surface area contributed by atoms with Gasteiger partial charge in [-0.05, 0) is 30.3 Å². The van der Waals surface area contributed by atoms with E-state index in [0.717, 1.165) is 24.3 Å². The molecule has 2 aromatic rings. The number of halogens is 4. The van der Waals surface area contributed by atoms with E-state index >= 15 is 0 Å². The first-order chi connectivity index (χ1) is 12.8. The van der Waals surface area contributed by atoms with Crippen molar-refractivity contribution in [3.8, 4) is 11.5 Å². The van der Waals surface area contributed by atoms with Crippen molar-refractivity contribution < 1.29 is 23.1 Å². The highest BCUT2D eigenvalue weighted by Gasteiger charge is 2.19. The third kappa shape index (κ3) is 4.53. The van der Waals surface area contributed by atoms with Gasteiger partial charge in [0, 0.05) is 24.3 Å². The maximum atomic E-state index is 13.9. The minimum absolute atomic E-state index is 0.0367. The van der Waals surface area contributed by atoms with Crippen LogP contribution in [0.3, 0.4) is 0 Å². The Hall–Kier alpha value is -2.70. The van der Waals surface area contributed by atoms with E-state index in [1.807, 2.05) is 0 Å². The highest BCUT2D eigenvalue weighted by Crippen LogP contribution is 2.34. The molecule has 1 N–H and O–H groups in total. The third-order valence-corrected chi connectivity index (χ3v) is 4.16. The number of allylic oxidation sites excluding steroid dienone is 3. The summed E-state index contributed by atoms with van der Waals surface area (Å²) in [5.41, 5.74) is 0.0852. The minimum atomic E-state index is -0.830. The van der Waals surface area contributed by atoms with Gasteiger partial charge in [0.05, 0.1) is 15.6 Å². The summed E-state index contributed by atoms with van der Waals surface area (Å²) in [4.78, 5) is 24.0. The average Bonchev–Trinajstić information content (AvgIpc) is 2.60. The van der Waals surface area contributed by atoms with Crippen molar-refractivity contribution in [2.75, 3.05) is 0 Å². The molecule has 0 saturated carbocycles. The van der Waals surface area contributed by atoms with Crippen LogP contribution in [0.5, 0.6) is 11.5 Å². The van der Waals surface area contributed by atoms with Crippen LogP contribution >= 0.6 is 23.2 Å². The van der Waals surface area contributed by atoms with Crippen LogP contribution in [0.1, 0.15) is 16.8 Å². The van der Waals surface area contributed by atoms with Crippen molar-refractivity contribution >= 4 is 34.9 Å². The van der Waals surface area contributed by atoms with Crippen LogP contribution in [0.15, 0.2) is 54.3 Å². The van der Waals surface area contributed by atoms with Crippen LogP contribution < -0.4 is 10.1 Å². The van der Waals surface area contributed by atoms with Crippen LogP contribution in [0, 0.1) is 11.6 Å². The Bertz CT molecular complexity index is 1000. The van der Waals surface area contributed by atoms with E-state index in [2.05, 4.69) is 5.32 Å². The Kier molecular flexibility index (Phi) is 5.58. The standard InChI is InChI=1S/C19H11Cl2F2NO3/c20-14-9-18(27-17-5-4-10(22)6-15(17)21)13(8-16(14)23)19(26)24-11-2-1-3-12(25)7-11/h1-2,4-9H,3H2,(H,24,26). The molecule has 3 rings (SSSR count). The Labute approximate surface area is 163 Å². The molecule has 4 nitrogen and oxygen atoms in total. The van der Waals surface area contributed by atoms with E-state index < -0.39 is 17.5 Å². The number of hydrogen-bond donors (Lipinski definition) is 1. The summed E-state index contributed by atoms with van der Waals surface area (Å²) in [5.74, 6) is -2.32. The van der Waals surface area contributed by atoms with Crippen molar-refractivity contribution in [2.45, 2.75) is 6.42 Å². The molecule has 1 aliphatic carbocycles. The molecular weight excluding hydrogens is 399 g/mol. The van der Waals surface area contributed by atoms with Crippen LogP contribution in [0.2, 0.25) is 10.0 Å². The van der Waals surface area contributed by atoms with Crippen LogP contribution in [0.25, 0.3) is 0 Å². The predicted octanol–water partition coefficient (Wildman–Crippen LogP) is 5.21. The summed E-state index contributed by atoms with van der Waals surface area (Å²) in [7, 11) is 0. The van der Waals surface area contributed by atoms with Gasteiger partial charge in [0.2, 0.25) is 0 Å². The molecule has 0 aliphatic heterocycles. The minimum Gasteiger partial charge on any atom is -0.455 e. The van der Waals surface area contributed by atoms with E-state index in [1.54, 1.807) is 12.2 Å². The van der Waals surface area contributed by atoms with Crippen molar-refractivity contribution in [3.05, 3.63) is 81.5 Å². The van der Waals surface area contributed by atoms with Gasteiger partial charge in [-0.15, -0.1) is 0 Å². The maximum Gasteiger partial charge on any atom is 0.259 e. The number of hydrogen-bond acceptors (Lipinski definition) is 3. The van der Waals surface area contributed by atoms with Crippen LogP contribution in [-0.4, -0.2) is 11.7 Å². The fourth-order valence-electron chi connectivity index (χ4n) is 2.33. The number of nitrogens with one attached hydrogen (secondary N) is 1. The molecule has 0 spiro atoms. The largest absolute Gasteiger partial charge is 0.455 e. The molecule has 0 radical (unpaired) electrons. The summed E-state index contributed by atoms with van der Waals surface area (Å²) < 4.78 is 32.6. The number of carbonyl (C=O) groups excluding carboxylic acids is 2. The normalized spacial score (nSPS) is 13.3. The predicted molar refractivity (Wildman–Crippen MR) is 97.2 cm³/mol. The lowest BCUT2D eigenvalue weighted by Gasteiger charge is -2.14. The number of ether oxygens (including phenoxy) is 1. The molecule has 138 valence electrons. The molecule has 0 heterocycles. The molecule has 1 aliphatic rings. The van der Waals surface area contributed by atoms with Crippen molar-refractivity contribution in [1.29, 1.82) is 0 Å². The molecule has 0 aromatic heterocycles. The smallest absolute Gasteiger partial charge is 0.259 e. The zero-order chi connectivity index (χ0) is 19.6. The SMILES string of the molecule is O=C1C=C(NC(=O)c2cc(F)c(Cl)cc2Oc2ccc(F)cc2Cl)C=CC1. The summed E-state index contributed by atoms with van der Waals surface area (Å²) in [6.45, 7) is 0. The van der Waals surface area contributed by atoms with Gasteiger partial charge in [-0.25, -0.2) is 8.78 Å². The Morgan fingerprint density at radius 2 is 1.85 bits per heavy atom. The number of amides is 1. The Morgan fingerprint density at radius 3 is 2.56 bits per heavy atom. The van der Waals surface area contributed by atoms with E-state index in [0.29, 0.717) is 0 Å². The van der Waals surface area contributed by atoms with Crippen molar-refractivity contribution in [3.63, 3.8) is 0 Å². The van der Waals surface area contributed by atoms with Crippen LogP contribution in [0.4, 0.5) is 8.78 Å². The van der Waals surface area contributed by atoms with Gasteiger partial charge in [0.25, 0.3) is 5.91 Å². The first kappa shape index (κ1) is 19.1. The number of carbonyl (C=O) groups is 2. The average molecular weight is 410 g/mol. The molecule has 0 saturated heterocycles. The van der Waals surface area contributed by atoms with E-state index in [4.69, 9.17) is 27.9 Å². The molecule has 8 heteroatoms. The maximum absolute atomic E-state index is 13.9. The fourth-order valence-corrected chi connectivity index (χ4v) is 2.69. The van der Waals surface area contributed by atoms with E-state index in [-0.39, 0.29) is 45.0 Å². The van der Waals surface area contributed by atoms with Gasteiger partial charge in [-0.2, -0.15) is 0 Å². The summed E-state index contributed by atoms with van der Waals surface area (Å²) in [5, 5.41) is 2.19. The molecule has 0 bridgehead atoms. The first-order valence-electron chi connectivity index (χ1n) is 7.68. The Balaban J connectivity index is 1.94. The second-order valence-electron chi connectivity index (χ2n) is 5.57. The van der Waals surface area contributed by atoms with Gasteiger partial charge in [0.15, 0.2) is 5.78 Å². The second-order valence-corrected chi connectivity index (χ2v) is 6.38. The molecule has 0 atom stereocenters. The lowest BCUT2D eigenvalue weighted by molar-refractivity contribution is -0.113. The zero-order valence-corrected chi connectivity index (χ0v) is 15.1. The van der Waals surface area contributed by atoms with Gasteiger partial charge < -0.3 is 10.1 Å². The molecule has 0 unspecified atom stereocenters. The van der Waals surface area contributed by atoms with Crippen molar-refractivity contribution in [2.24, 2.45) is 0 Å². The zero-order valence-electron chi connectivity index (χ0n) is 13.6. The lowest BCUT2D eigenvalue weighted by atomic mass is 10.1. The quantitative estimate of drug-likeness (QED) is 0.754. The summed E-state index contributed by atoms with van der Waals surface area (Å²) in [6, 6.07) is 5.43. The summed E-state index contributed by atoms with van der Waals surface area (Å²) >= 11 is 11.7. The molecule has 27 heavy (non-hydrogen) atoms. The number of ketones is 1. The highest BCUT2D eigenvalue weighted by molar-refractivity contribution is 6.32. The topological polar surface area (TPSA) is 55.4 Å². The molecular formula is C19H11Cl2F2NO3. The third-order valence-electron chi connectivity index (χ3n) is 3.57. The summed E-state index contributed by atoms with van der Waals surface area (Å²) in [6.07, 6.45) is 4.66. The monoisotopic (exact) mass is 409 g/mol. The second kappa shape index (κ2) is 7.90. The van der Waals surface area contributed by atoms with Gasteiger partial charge in [0.1, 0.15) is 23.1 Å². The first-order valence-corrected chi connectivity index (χ1v) is 8.43.